The molecule has 31 heavy (non-hydrogen) atoms. The number of rotatable bonds is 6. The molecule has 3 aromatic rings. The molecule has 0 saturated carbocycles. The third-order valence-electron chi connectivity index (χ3n) is 7.84. The second-order valence-corrected chi connectivity index (χ2v) is 9.51. The molecule has 4 unspecified atom stereocenters. The molecule has 0 bridgehead atoms. The summed E-state index contributed by atoms with van der Waals surface area (Å²) in [5, 5.41) is 11.0. The fraction of sp³-hybridized carbons (Fsp3) is 0.400. The summed E-state index contributed by atoms with van der Waals surface area (Å²) < 4.78 is 0. The summed E-state index contributed by atoms with van der Waals surface area (Å²) in [6, 6.07) is 19.2. The SMILES string of the molecule is Cc1cccc(C(C)C(C)c2cccc(O)c2C(C)C(C)c2cccc(C)c2C)c1C. The minimum Gasteiger partial charge on any atom is -0.508 e. The van der Waals surface area contributed by atoms with Crippen LogP contribution in [0.1, 0.15) is 95.9 Å². The first-order valence-electron chi connectivity index (χ1n) is 11.6. The number of phenols is 1. The van der Waals surface area contributed by atoms with Crippen molar-refractivity contribution < 1.29 is 5.11 Å². The fourth-order valence-corrected chi connectivity index (χ4v) is 5.06. The van der Waals surface area contributed by atoms with Crippen molar-refractivity contribution >= 4 is 0 Å². The smallest absolute Gasteiger partial charge is 0.119 e. The average molecular weight is 415 g/mol. The van der Waals surface area contributed by atoms with Gasteiger partial charge in [0.2, 0.25) is 0 Å². The molecule has 3 aromatic carbocycles. The van der Waals surface area contributed by atoms with Crippen molar-refractivity contribution in [3.05, 3.63) is 99.1 Å². The van der Waals surface area contributed by atoms with E-state index < -0.39 is 0 Å². The maximum absolute atomic E-state index is 11.0. The van der Waals surface area contributed by atoms with Crippen LogP contribution in [0.15, 0.2) is 54.6 Å². The number of phenolic OH excluding ortho intramolecular Hbond substituents is 1. The van der Waals surface area contributed by atoms with E-state index in [1.165, 1.54) is 38.9 Å². The number of aromatic hydroxyl groups is 1. The topological polar surface area (TPSA) is 20.2 Å². The van der Waals surface area contributed by atoms with Crippen LogP contribution in [-0.4, -0.2) is 5.11 Å². The summed E-state index contributed by atoms with van der Waals surface area (Å²) in [7, 11) is 0. The molecule has 1 heteroatoms. The largest absolute Gasteiger partial charge is 0.508 e. The lowest BCUT2D eigenvalue weighted by Gasteiger charge is -2.30. The summed E-state index contributed by atoms with van der Waals surface area (Å²) in [4.78, 5) is 0. The molecule has 0 aromatic heterocycles. The monoisotopic (exact) mass is 414 g/mol. The molecule has 0 amide bonds. The molecule has 0 aliphatic rings. The first kappa shape index (κ1) is 23.1. The van der Waals surface area contributed by atoms with E-state index in [4.69, 9.17) is 0 Å². The van der Waals surface area contributed by atoms with E-state index in [9.17, 15) is 5.11 Å². The Morgan fingerprint density at radius 2 is 0.903 bits per heavy atom. The lowest BCUT2D eigenvalue weighted by molar-refractivity contribution is 0.451. The summed E-state index contributed by atoms with van der Waals surface area (Å²) in [6.45, 7) is 18.0. The van der Waals surface area contributed by atoms with Gasteiger partial charge in [0, 0.05) is 5.56 Å². The maximum Gasteiger partial charge on any atom is 0.119 e. The zero-order valence-electron chi connectivity index (χ0n) is 20.5. The van der Waals surface area contributed by atoms with Crippen LogP contribution in [-0.2, 0) is 0 Å². The van der Waals surface area contributed by atoms with E-state index in [-0.39, 0.29) is 5.92 Å². The van der Waals surface area contributed by atoms with Crippen molar-refractivity contribution in [3.8, 4) is 5.75 Å². The van der Waals surface area contributed by atoms with Gasteiger partial charge in [0.25, 0.3) is 0 Å². The predicted octanol–water partition coefficient (Wildman–Crippen LogP) is 8.44. The second kappa shape index (κ2) is 9.30. The van der Waals surface area contributed by atoms with Crippen LogP contribution in [0.3, 0.4) is 0 Å². The van der Waals surface area contributed by atoms with Gasteiger partial charge in [-0.1, -0.05) is 76.2 Å². The summed E-state index contributed by atoms with van der Waals surface area (Å²) in [5.41, 5.74) is 10.5. The van der Waals surface area contributed by atoms with Crippen molar-refractivity contribution in [2.24, 2.45) is 0 Å². The molecule has 0 spiro atoms. The Hall–Kier alpha value is -2.54. The van der Waals surface area contributed by atoms with Gasteiger partial charge in [-0.3, -0.25) is 0 Å². The summed E-state index contributed by atoms with van der Waals surface area (Å²) in [5.74, 6) is 1.61. The maximum atomic E-state index is 11.0. The molecule has 0 aliphatic carbocycles. The third-order valence-corrected chi connectivity index (χ3v) is 7.84. The lowest BCUT2D eigenvalue weighted by Crippen LogP contribution is -2.14. The molecular weight excluding hydrogens is 376 g/mol. The molecule has 1 nitrogen and oxygen atoms in total. The van der Waals surface area contributed by atoms with Gasteiger partial charge in [-0.05, 0) is 96.4 Å². The summed E-state index contributed by atoms with van der Waals surface area (Å²) in [6.07, 6.45) is 0. The van der Waals surface area contributed by atoms with Crippen LogP contribution in [0.2, 0.25) is 0 Å². The molecule has 164 valence electrons. The van der Waals surface area contributed by atoms with E-state index in [0.717, 1.165) is 5.56 Å². The highest BCUT2D eigenvalue weighted by molar-refractivity contribution is 5.48. The standard InChI is InChI=1S/C30H38O/c1-18-12-9-14-26(20(18)3)22(5)23(6)28-16-11-17-29(31)30(28)25(8)24(7)27-15-10-13-19(2)21(27)4/h9-17,22-25,31H,1-8H3. The minimum absolute atomic E-state index is 0.213. The normalized spacial score (nSPS) is 15.4. The van der Waals surface area contributed by atoms with Crippen molar-refractivity contribution in [1.29, 1.82) is 0 Å². The van der Waals surface area contributed by atoms with Crippen LogP contribution in [0, 0.1) is 27.7 Å². The molecule has 3 rings (SSSR count). The van der Waals surface area contributed by atoms with Crippen molar-refractivity contribution in [3.63, 3.8) is 0 Å². The highest BCUT2D eigenvalue weighted by atomic mass is 16.3. The fourth-order valence-electron chi connectivity index (χ4n) is 5.06. The molecule has 0 fully saturated rings. The lowest BCUT2D eigenvalue weighted by atomic mass is 9.74. The van der Waals surface area contributed by atoms with Gasteiger partial charge in [0.05, 0.1) is 0 Å². The molecule has 0 aliphatic heterocycles. The first-order valence-corrected chi connectivity index (χ1v) is 11.6. The number of hydrogen-bond acceptors (Lipinski definition) is 1. The van der Waals surface area contributed by atoms with E-state index in [1.807, 2.05) is 12.1 Å². The zero-order valence-corrected chi connectivity index (χ0v) is 20.5. The molecule has 0 radical (unpaired) electrons. The number of benzene rings is 3. The van der Waals surface area contributed by atoms with Gasteiger partial charge in [0.1, 0.15) is 5.75 Å². The Labute approximate surface area is 189 Å². The van der Waals surface area contributed by atoms with Crippen LogP contribution in [0.5, 0.6) is 5.75 Å². The van der Waals surface area contributed by atoms with Crippen LogP contribution < -0.4 is 0 Å². The molecule has 0 heterocycles. The third kappa shape index (κ3) is 4.42. The van der Waals surface area contributed by atoms with Crippen LogP contribution >= 0.6 is 0 Å². The number of aryl methyl sites for hydroxylation is 2. The van der Waals surface area contributed by atoms with Gasteiger partial charge in [-0.25, -0.2) is 0 Å². The first-order chi connectivity index (χ1) is 14.6. The van der Waals surface area contributed by atoms with Crippen molar-refractivity contribution in [2.75, 3.05) is 0 Å². The Balaban J connectivity index is 2.03. The Morgan fingerprint density at radius 1 is 0.516 bits per heavy atom. The second-order valence-electron chi connectivity index (χ2n) is 9.51. The highest BCUT2D eigenvalue weighted by Gasteiger charge is 2.28. The van der Waals surface area contributed by atoms with Gasteiger partial charge in [0.15, 0.2) is 0 Å². The average Bonchev–Trinajstić information content (AvgIpc) is 2.75. The molecule has 0 saturated heterocycles. The van der Waals surface area contributed by atoms with Crippen molar-refractivity contribution in [1.82, 2.24) is 0 Å². The van der Waals surface area contributed by atoms with Gasteiger partial charge < -0.3 is 5.11 Å². The Morgan fingerprint density at radius 3 is 1.42 bits per heavy atom. The van der Waals surface area contributed by atoms with Gasteiger partial charge in [-0.2, -0.15) is 0 Å². The Kier molecular flexibility index (Phi) is 6.94. The van der Waals surface area contributed by atoms with Gasteiger partial charge in [-0.15, -0.1) is 0 Å². The van der Waals surface area contributed by atoms with E-state index in [1.54, 1.807) is 0 Å². The van der Waals surface area contributed by atoms with Crippen molar-refractivity contribution in [2.45, 2.75) is 79.1 Å². The minimum atomic E-state index is 0.213. The highest BCUT2D eigenvalue weighted by Crippen LogP contribution is 2.45. The number of hydrogen-bond donors (Lipinski definition) is 1. The quantitative estimate of drug-likeness (QED) is 0.429. The van der Waals surface area contributed by atoms with Crippen LogP contribution in [0.4, 0.5) is 0 Å². The van der Waals surface area contributed by atoms with E-state index >= 15 is 0 Å². The van der Waals surface area contributed by atoms with Gasteiger partial charge >= 0.3 is 0 Å². The molecular formula is C30H38O. The van der Waals surface area contributed by atoms with E-state index in [0.29, 0.717) is 23.5 Å². The Bertz CT molecular complexity index is 1060. The molecule has 1 N–H and O–H groups in total. The molecule has 4 atom stereocenters. The summed E-state index contributed by atoms with van der Waals surface area (Å²) >= 11 is 0. The predicted molar refractivity (Wildman–Crippen MR) is 134 cm³/mol. The van der Waals surface area contributed by atoms with Crippen LogP contribution in [0.25, 0.3) is 0 Å². The zero-order chi connectivity index (χ0) is 22.9. The van der Waals surface area contributed by atoms with E-state index in [2.05, 4.69) is 97.9 Å².